The van der Waals surface area contributed by atoms with Gasteiger partial charge in [-0.05, 0) is 43.3 Å². The molecule has 0 radical (unpaired) electrons. The highest BCUT2D eigenvalue weighted by Gasteiger charge is 2.42. The van der Waals surface area contributed by atoms with E-state index in [-0.39, 0.29) is 0 Å². The lowest BCUT2D eigenvalue weighted by atomic mass is 10.0. The van der Waals surface area contributed by atoms with E-state index in [2.05, 4.69) is 25.1 Å². The average molecular weight is 359 g/mol. The number of fused-ring (bicyclic) bond motifs is 1. The number of nitrogens with one attached hydrogen (secondary N) is 2. The van der Waals surface area contributed by atoms with E-state index in [1.54, 1.807) is 4.90 Å². The van der Waals surface area contributed by atoms with Crippen molar-refractivity contribution in [3.05, 3.63) is 59.1 Å². The van der Waals surface area contributed by atoms with Crippen LogP contribution in [0.1, 0.15) is 25.3 Å². The molecule has 2 N–H and O–H groups in total. The molecular weight excluding hydrogens is 332 g/mol. The first-order valence-electron chi connectivity index (χ1n) is 9.40. The third-order valence-electron chi connectivity index (χ3n) is 5.93. The number of hydrogen-bond acceptors (Lipinski definition) is 1. The first-order chi connectivity index (χ1) is 12.2. The summed E-state index contributed by atoms with van der Waals surface area (Å²) in [6.45, 7) is 7.51. The Morgan fingerprint density at radius 2 is 1.88 bits per heavy atom. The lowest BCUT2D eigenvalue weighted by Gasteiger charge is -2.37. The molecule has 2 heterocycles. The van der Waals surface area contributed by atoms with Crippen LogP contribution in [-0.4, -0.2) is 31.7 Å². The quantitative estimate of drug-likeness (QED) is 0.855. The third-order valence-corrected chi connectivity index (χ3v) is 6.18. The summed E-state index contributed by atoms with van der Waals surface area (Å²) in [5, 5.41) is 0.729. The summed E-state index contributed by atoms with van der Waals surface area (Å²) in [5.74, 6) is 1.72. The van der Waals surface area contributed by atoms with Crippen LogP contribution in [0, 0.1) is 0 Å². The predicted molar refractivity (Wildman–Crippen MR) is 101 cm³/mol. The van der Waals surface area contributed by atoms with Crippen molar-refractivity contribution in [2.75, 3.05) is 19.6 Å². The van der Waals surface area contributed by atoms with Crippen LogP contribution in [-0.2, 0) is 6.54 Å². The maximum Gasteiger partial charge on any atom is 0.140 e. The molecule has 3 nitrogen and oxygen atoms in total. The largest absolute Gasteiger partial charge is 0.457 e. The smallest absolute Gasteiger partial charge is 0.140 e. The molecule has 2 aromatic carbocycles. The number of rotatable bonds is 4. The Balaban J connectivity index is 1.43. The Morgan fingerprint density at radius 1 is 1.04 bits per heavy atom. The first-order valence-corrected chi connectivity index (χ1v) is 9.78. The minimum atomic E-state index is 0.729. The monoisotopic (exact) mass is 358 g/mol. The molecule has 2 aromatic rings. The number of halogens is 1. The van der Waals surface area contributed by atoms with Gasteiger partial charge in [0.25, 0.3) is 0 Å². The first kappa shape index (κ1) is 16.9. The number of piperazine rings is 1. The van der Waals surface area contributed by atoms with E-state index >= 15 is 0 Å². The van der Waals surface area contributed by atoms with Gasteiger partial charge in [0, 0.05) is 23.4 Å². The number of benzene rings is 2. The Morgan fingerprint density at radius 3 is 2.72 bits per heavy atom. The summed E-state index contributed by atoms with van der Waals surface area (Å²) in [5.41, 5.74) is 1.36. The van der Waals surface area contributed by atoms with Crippen LogP contribution in [0.15, 0.2) is 48.5 Å². The fraction of sp³-hybridized carbons (Fsp3) is 0.429. The van der Waals surface area contributed by atoms with E-state index in [4.69, 9.17) is 16.3 Å². The Hall–Kier alpha value is -1.55. The molecule has 25 heavy (non-hydrogen) atoms. The highest BCUT2D eigenvalue weighted by Crippen LogP contribution is 2.23. The second kappa shape index (κ2) is 7.36. The minimum Gasteiger partial charge on any atom is -0.457 e. The molecule has 0 spiro atoms. The van der Waals surface area contributed by atoms with Crippen molar-refractivity contribution in [3.63, 3.8) is 0 Å². The van der Waals surface area contributed by atoms with Gasteiger partial charge in [0.1, 0.15) is 43.2 Å². The molecular formula is C21H27ClN2O+2. The summed E-state index contributed by atoms with van der Waals surface area (Å²) in [6, 6.07) is 17.7. The number of quaternary nitrogens is 2. The van der Waals surface area contributed by atoms with Crippen LogP contribution in [0.4, 0.5) is 0 Å². The Labute approximate surface area is 155 Å². The van der Waals surface area contributed by atoms with Crippen molar-refractivity contribution < 1.29 is 14.5 Å². The van der Waals surface area contributed by atoms with Crippen LogP contribution in [0.3, 0.4) is 0 Å². The lowest BCUT2D eigenvalue weighted by Crippen LogP contribution is -3.31. The molecule has 0 bridgehead atoms. The molecule has 4 atom stereocenters. The van der Waals surface area contributed by atoms with Crippen molar-refractivity contribution >= 4 is 11.6 Å². The van der Waals surface area contributed by atoms with Crippen molar-refractivity contribution in [2.45, 2.75) is 38.4 Å². The molecule has 2 unspecified atom stereocenters. The summed E-state index contributed by atoms with van der Waals surface area (Å²) < 4.78 is 5.99. The van der Waals surface area contributed by atoms with E-state index in [1.165, 1.54) is 38.0 Å². The van der Waals surface area contributed by atoms with Gasteiger partial charge in [-0.1, -0.05) is 23.7 Å². The van der Waals surface area contributed by atoms with Crippen LogP contribution >= 0.6 is 11.6 Å². The van der Waals surface area contributed by atoms with Gasteiger partial charge in [-0.15, -0.1) is 0 Å². The highest BCUT2D eigenvalue weighted by molar-refractivity contribution is 6.30. The zero-order valence-electron chi connectivity index (χ0n) is 14.8. The van der Waals surface area contributed by atoms with Crippen molar-refractivity contribution in [1.29, 1.82) is 0 Å². The summed E-state index contributed by atoms with van der Waals surface area (Å²) in [7, 11) is 0. The van der Waals surface area contributed by atoms with Crippen molar-refractivity contribution in [1.82, 2.24) is 0 Å². The summed E-state index contributed by atoms with van der Waals surface area (Å²) in [4.78, 5) is 3.57. The number of hydrogen-bond donors (Lipinski definition) is 2. The van der Waals surface area contributed by atoms with Gasteiger partial charge in [-0.3, -0.25) is 0 Å². The van der Waals surface area contributed by atoms with E-state index in [0.717, 1.165) is 35.2 Å². The standard InChI is InChI=1S/C21H25ClN2O/c1-16-21-6-3-11-23(21)12-13-24(16)15-17-4-2-5-20(14-17)25-19-9-7-18(22)8-10-19/h2,4-5,7-10,14,16,21H,3,6,11-13,15H2,1H3/p+2/t16-,21+/m0/s1. The maximum absolute atomic E-state index is 5.99. The molecule has 2 aliphatic heterocycles. The zero-order valence-corrected chi connectivity index (χ0v) is 15.6. The number of ether oxygens (including phenoxy) is 1. The third kappa shape index (κ3) is 3.84. The highest BCUT2D eigenvalue weighted by atomic mass is 35.5. The Kier molecular flexibility index (Phi) is 4.98. The SMILES string of the molecule is C[C@H]1[C@H]2CCC[NH+]2CC[NH+]1Cc1cccc(Oc2ccc(Cl)cc2)c1. The molecule has 4 rings (SSSR count). The summed E-state index contributed by atoms with van der Waals surface area (Å²) >= 11 is 5.94. The Bertz CT molecular complexity index is 718. The maximum atomic E-state index is 5.99. The van der Waals surface area contributed by atoms with Crippen molar-refractivity contribution in [3.8, 4) is 11.5 Å². The van der Waals surface area contributed by atoms with Crippen LogP contribution in [0.5, 0.6) is 11.5 Å². The van der Waals surface area contributed by atoms with E-state index in [0.29, 0.717) is 0 Å². The minimum absolute atomic E-state index is 0.729. The summed E-state index contributed by atoms with van der Waals surface area (Å²) in [6.07, 6.45) is 2.81. The molecule has 0 amide bonds. The fourth-order valence-electron chi connectivity index (χ4n) is 4.56. The molecule has 4 heteroatoms. The van der Waals surface area contributed by atoms with Crippen LogP contribution in [0.25, 0.3) is 0 Å². The molecule has 2 saturated heterocycles. The van der Waals surface area contributed by atoms with Gasteiger partial charge in [-0.2, -0.15) is 0 Å². The van der Waals surface area contributed by atoms with E-state index in [1.807, 2.05) is 35.2 Å². The molecule has 132 valence electrons. The second-order valence-electron chi connectivity index (χ2n) is 7.48. The van der Waals surface area contributed by atoms with Gasteiger partial charge in [0.15, 0.2) is 0 Å². The molecule has 2 fully saturated rings. The molecule has 2 aliphatic rings. The molecule has 0 aliphatic carbocycles. The zero-order chi connectivity index (χ0) is 17.2. The van der Waals surface area contributed by atoms with Crippen LogP contribution < -0.4 is 14.5 Å². The van der Waals surface area contributed by atoms with Gasteiger partial charge < -0.3 is 14.5 Å². The molecule has 0 aromatic heterocycles. The van der Waals surface area contributed by atoms with Gasteiger partial charge in [0.05, 0.1) is 6.54 Å². The van der Waals surface area contributed by atoms with Gasteiger partial charge in [0.2, 0.25) is 0 Å². The predicted octanol–water partition coefficient (Wildman–Crippen LogP) is 1.97. The average Bonchev–Trinajstić information content (AvgIpc) is 3.09. The van der Waals surface area contributed by atoms with E-state index in [9.17, 15) is 0 Å². The normalized spacial score (nSPS) is 28.6. The van der Waals surface area contributed by atoms with Crippen LogP contribution in [0.2, 0.25) is 5.02 Å². The molecule has 0 saturated carbocycles. The van der Waals surface area contributed by atoms with E-state index < -0.39 is 0 Å². The second-order valence-corrected chi connectivity index (χ2v) is 7.92. The van der Waals surface area contributed by atoms with Gasteiger partial charge in [-0.25, -0.2) is 0 Å². The van der Waals surface area contributed by atoms with Crippen molar-refractivity contribution in [2.24, 2.45) is 0 Å². The topological polar surface area (TPSA) is 18.1 Å². The lowest BCUT2D eigenvalue weighted by molar-refractivity contribution is -1.05. The van der Waals surface area contributed by atoms with Gasteiger partial charge >= 0.3 is 0 Å². The fourth-order valence-corrected chi connectivity index (χ4v) is 4.68.